The fourth-order valence-corrected chi connectivity index (χ4v) is 6.09. The molecule has 2 N–H and O–H groups in total. The maximum atomic E-state index is 13.0. The lowest BCUT2D eigenvalue weighted by molar-refractivity contribution is -0.129. The molecule has 3 fully saturated rings. The van der Waals surface area contributed by atoms with E-state index in [1.165, 1.54) is 43.7 Å². The Labute approximate surface area is 158 Å². The topological polar surface area (TPSA) is 83.5 Å². The molecule has 3 saturated carbocycles. The molecule has 0 unspecified atom stereocenters. The van der Waals surface area contributed by atoms with E-state index in [2.05, 4.69) is 11.4 Å². The lowest BCUT2D eigenvalue weighted by Crippen LogP contribution is -2.67. The number of halogens is 1. The van der Waals surface area contributed by atoms with Crippen molar-refractivity contribution < 1.29 is 18.3 Å². The number of nitrogens with one attached hydrogen (secondary N) is 1. The number of benzene rings is 1. The summed E-state index contributed by atoms with van der Waals surface area (Å²) in [6.45, 7) is 2.86. The fourth-order valence-electron chi connectivity index (χ4n) is 4.58. The van der Waals surface area contributed by atoms with Crippen molar-refractivity contribution in [2.45, 2.75) is 54.4 Å². The van der Waals surface area contributed by atoms with Crippen molar-refractivity contribution in [3.63, 3.8) is 0 Å². The normalized spacial score (nSPS) is 32.6. The Morgan fingerprint density at radius 2 is 1.81 bits per heavy atom. The van der Waals surface area contributed by atoms with Crippen LogP contribution in [0.4, 0.5) is 0 Å². The summed E-state index contributed by atoms with van der Waals surface area (Å²) in [7, 11) is -3.86. The average Bonchev–Trinajstić information content (AvgIpc) is 2.59. The third kappa shape index (κ3) is 2.46. The number of amides is 1. The highest BCUT2D eigenvalue weighted by molar-refractivity contribution is 7.93. The molecule has 6 rings (SSSR count). The van der Waals surface area contributed by atoms with Gasteiger partial charge >= 0.3 is 0 Å². The summed E-state index contributed by atoms with van der Waals surface area (Å²) in [5.41, 5.74) is 0.660. The molecule has 4 bridgehead atoms. The second kappa shape index (κ2) is 5.57. The van der Waals surface area contributed by atoms with E-state index in [4.69, 9.17) is 11.6 Å². The number of aliphatic hydroxyl groups is 1. The van der Waals surface area contributed by atoms with E-state index in [-0.39, 0.29) is 22.8 Å². The first-order chi connectivity index (χ1) is 12.1. The molecule has 7 heteroatoms. The average molecular weight is 396 g/mol. The van der Waals surface area contributed by atoms with E-state index in [0.717, 1.165) is 0 Å². The van der Waals surface area contributed by atoms with Gasteiger partial charge in [0, 0.05) is 22.9 Å². The van der Waals surface area contributed by atoms with E-state index in [0.29, 0.717) is 24.3 Å². The van der Waals surface area contributed by atoms with Crippen LogP contribution in [0.3, 0.4) is 0 Å². The third-order valence-electron chi connectivity index (χ3n) is 6.28. The third-order valence-corrected chi connectivity index (χ3v) is 8.95. The molecule has 5 aliphatic rings. The van der Waals surface area contributed by atoms with Gasteiger partial charge in [0.2, 0.25) is 5.91 Å². The Balaban J connectivity index is 1.54. The zero-order valence-electron chi connectivity index (χ0n) is 14.7. The number of hydrogen-bond acceptors (Lipinski definition) is 4. The first kappa shape index (κ1) is 18.0. The molecule has 0 saturated heterocycles. The van der Waals surface area contributed by atoms with E-state index in [1.54, 1.807) is 0 Å². The zero-order valence-corrected chi connectivity index (χ0v) is 16.3. The summed E-state index contributed by atoms with van der Waals surface area (Å²) >= 11 is 5.83. The highest BCUT2D eigenvalue weighted by Gasteiger charge is 2.59. The van der Waals surface area contributed by atoms with Gasteiger partial charge in [-0.05, 0) is 57.4 Å². The molecule has 5 aliphatic carbocycles. The predicted molar refractivity (Wildman–Crippen MR) is 98.5 cm³/mol. The number of carbonyl (C=O) groups is 1. The van der Waals surface area contributed by atoms with Gasteiger partial charge in [0.05, 0.1) is 10.5 Å². The minimum Gasteiger partial charge on any atom is -0.390 e. The Kier molecular flexibility index (Phi) is 3.86. The van der Waals surface area contributed by atoms with Crippen LogP contribution in [0.1, 0.15) is 33.1 Å². The SMILES string of the molecule is CC(C)(C(=O)N[C@@H]1[C@@H]2C[C@]3(O)CC=C2[C@@H]1C3)S(=O)(=O)c1ccc(Cl)cc1. The maximum absolute atomic E-state index is 13.0. The molecular formula is C19H22ClNO4S. The number of sulfone groups is 1. The molecule has 1 aromatic carbocycles. The van der Waals surface area contributed by atoms with E-state index >= 15 is 0 Å². The quantitative estimate of drug-likeness (QED) is 0.767. The molecule has 26 heavy (non-hydrogen) atoms. The second-order valence-electron chi connectivity index (χ2n) is 8.22. The van der Waals surface area contributed by atoms with Crippen LogP contribution < -0.4 is 5.32 Å². The maximum Gasteiger partial charge on any atom is 0.241 e. The van der Waals surface area contributed by atoms with E-state index in [9.17, 15) is 18.3 Å². The fraction of sp³-hybridized carbons (Fsp3) is 0.526. The van der Waals surface area contributed by atoms with Gasteiger partial charge in [0.25, 0.3) is 0 Å². The van der Waals surface area contributed by atoms with Crippen molar-refractivity contribution in [1.29, 1.82) is 0 Å². The summed E-state index contributed by atoms with van der Waals surface area (Å²) in [4.78, 5) is 12.9. The smallest absolute Gasteiger partial charge is 0.241 e. The van der Waals surface area contributed by atoms with Gasteiger partial charge in [-0.15, -0.1) is 0 Å². The molecule has 0 spiro atoms. The lowest BCUT2D eigenvalue weighted by Gasteiger charge is -2.60. The Bertz CT molecular complexity index is 888. The molecule has 0 radical (unpaired) electrons. The second-order valence-corrected chi connectivity index (χ2v) is 11.2. The lowest BCUT2D eigenvalue weighted by atomic mass is 9.49. The first-order valence-electron chi connectivity index (χ1n) is 8.79. The van der Waals surface area contributed by atoms with Crippen LogP contribution >= 0.6 is 11.6 Å². The van der Waals surface area contributed by atoms with Crippen LogP contribution in [0.15, 0.2) is 40.8 Å². The van der Waals surface area contributed by atoms with Crippen LogP contribution in [0.2, 0.25) is 5.02 Å². The minimum atomic E-state index is -3.86. The summed E-state index contributed by atoms with van der Waals surface area (Å²) in [5, 5.41) is 13.9. The molecule has 4 atom stereocenters. The van der Waals surface area contributed by atoms with Crippen molar-refractivity contribution >= 4 is 27.3 Å². The Morgan fingerprint density at radius 1 is 1.23 bits per heavy atom. The minimum absolute atomic E-state index is 0.0759. The monoisotopic (exact) mass is 395 g/mol. The van der Waals surface area contributed by atoms with E-state index in [1.807, 2.05) is 0 Å². The largest absolute Gasteiger partial charge is 0.390 e. The molecule has 0 aromatic heterocycles. The number of carbonyl (C=O) groups excluding carboxylic acids is 1. The predicted octanol–water partition coefficient (Wildman–Crippen LogP) is 2.48. The number of fused-ring (bicyclic) bond motifs is 1. The molecule has 5 nitrogen and oxygen atoms in total. The first-order valence-corrected chi connectivity index (χ1v) is 10.6. The molecular weight excluding hydrogens is 374 g/mol. The summed E-state index contributed by atoms with van der Waals surface area (Å²) in [6, 6.07) is 5.76. The van der Waals surface area contributed by atoms with E-state index < -0.39 is 26.1 Å². The standard InChI is InChI=1S/C19H22ClNO4S/c1-18(2,26(24,25)12-5-3-11(20)4-6-12)17(22)21-16-14-9-19(23)8-7-13(14)15(16)10-19/h3-7,14-16,23H,8-10H2,1-2H3,(H,21,22)/t14-,15+,16-,19-. The van der Waals surface area contributed by atoms with Crippen molar-refractivity contribution in [3.05, 3.63) is 40.9 Å². The number of rotatable bonds is 4. The Morgan fingerprint density at radius 3 is 2.35 bits per heavy atom. The van der Waals surface area contributed by atoms with Crippen LogP contribution in [0.25, 0.3) is 0 Å². The van der Waals surface area contributed by atoms with Crippen molar-refractivity contribution in [2.24, 2.45) is 11.8 Å². The van der Waals surface area contributed by atoms with Gasteiger partial charge < -0.3 is 10.4 Å². The van der Waals surface area contributed by atoms with Gasteiger partial charge in [-0.3, -0.25) is 4.79 Å². The van der Waals surface area contributed by atoms with Crippen LogP contribution in [0.5, 0.6) is 0 Å². The summed E-state index contributed by atoms with van der Waals surface area (Å²) < 4.78 is 24.3. The molecule has 1 aromatic rings. The molecule has 140 valence electrons. The highest BCUT2D eigenvalue weighted by atomic mass is 35.5. The van der Waals surface area contributed by atoms with Gasteiger partial charge in [0.15, 0.2) is 9.84 Å². The molecule has 0 heterocycles. The van der Waals surface area contributed by atoms with Gasteiger partial charge in [-0.2, -0.15) is 0 Å². The van der Waals surface area contributed by atoms with Gasteiger partial charge in [0.1, 0.15) is 4.75 Å². The number of hydrogen-bond donors (Lipinski definition) is 2. The van der Waals surface area contributed by atoms with Crippen LogP contribution in [-0.4, -0.2) is 35.8 Å². The van der Waals surface area contributed by atoms with Crippen molar-refractivity contribution in [3.8, 4) is 0 Å². The van der Waals surface area contributed by atoms with Crippen LogP contribution in [0, 0.1) is 11.8 Å². The van der Waals surface area contributed by atoms with Crippen molar-refractivity contribution in [1.82, 2.24) is 5.32 Å². The van der Waals surface area contributed by atoms with Crippen LogP contribution in [-0.2, 0) is 14.6 Å². The van der Waals surface area contributed by atoms with Gasteiger partial charge in [-0.25, -0.2) is 8.42 Å². The van der Waals surface area contributed by atoms with Crippen molar-refractivity contribution in [2.75, 3.05) is 0 Å². The zero-order chi connectivity index (χ0) is 18.9. The summed E-state index contributed by atoms with van der Waals surface area (Å²) in [5.74, 6) is -0.242. The Hall–Kier alpha value is -1.37. The molecule has 0 aliphatic heterocycles. The highest BCUT2D eigenvalue weighted by Crippen LogP contribution is 2.58. The molecule has 1 amide bonds. The van der Waals surface area contributed by atoms with Gasteiger partial charge in [-0.1, -0.05) is 23.3 Å². The summed E-state index contributed by atoms with van der Waals surface area (Å²) in [6.07, 6.45) is 4.06.